The Balaban J connectivity index is 1.74. The van der Waals surface area contributed by atoms with E-state index in [0.29, 0.717) is 25.3 Å². The van der Waals surface area contributed by atoms with Crippen LogP contribution < -0.4 is 4.90 Å². The van der Waals surface area contributed by atoms with Gasteiger partial charge in [-0.25, -0.2) is 0 Å². The zero-order chi connectivity index (χ0) is 16.5. The monoisotopic (exact) mass is 318 g/mol. The summed E-state index contributed by atoms with van der Waals surface area (Å²) in [5.74, 6) is -0.00424. The number of carbonyl (C=O) groups excluding carboxylic acids is 1. The molecule has 0 aliphatic carbocycles. The summed E-state index contributed by atoms with van der Waals surface area (Å²) < 4.78 is 5.62. The number of benzene rings is 2. The third-order valence-electron chi connectivity index (χ3n) is 4.32. The number of para-hydroxylation sites is 1. The Morgan fingerprint density at radius 1 is 1.12 bits per heavy atom. The lowest BCUT2D eigenvalue weighted by Gasteiger charge is -2.22. The van der Waals surface area contributed by atoms with Crippen LogP contribution in [0.4, 0.5) is 5.69 Å². The molecule has 0 N–H and O–H groups in total. The molecule has 1 aliphatic rings. The summed E-state index contributed by atoms with van der Waals surface area (Å²) in [4.78, 5) is 19.4. The van der Waals surface area contributed by atoms with Crippen molar-refractivity contribution in [3.05, 3.63) is 71.4 Å². The molecule has 24 heavy (non-hydrogen) atoms. The van der Waals surface area contributed by atoms with Gasteiger partial charge < -0.3 is 9.64 Å². The Kier molecular flexibility index (Phi) is 3.75. The average molecular weight is 318 g/mol. The van der Waals surface area contributed by atoms with Crippen molar-refractivity contribution in [2.45, 2.75) is 13.5 Å². The summed E-state index contributed by atoms with van der Waals surface area (Å²) in [5.41, 5.74) is 4.53. The van der Waals surface area contributed by atoms with Crippen LogP contribution in [0.15, 0.2) is 54.6 Å². The second-order valence-corrected chi connectivity index (χ2v) is 6.00. The molecule has 0 unspecified atom stereocenters. The van der Waals surface area contributed by atoms with E-state index in [0.717, 1.165) is 27.8 Å². The fraction of sp³-hybridized carbons (Fsp3) is 0.200. The van der Waals surface area contributed by atoms with Gasteiger partial charge in [-0.3, -0.25) is 9.78 Å². The van der Waals surface area contributed by atoms with Gasteiger partial charge in [0.25, 0.3) is 5.91 Å². The van der Waals surface area contributed by atoms with Crippen LogP contribution in [0.5, 0.6) is 0 Å². The van der Waals surface area contributed by atoms with Crippen molar-refractivity contribution in [3.8, 4) is 0 Å². The zero-order valence-corrected chi connectivity index (χ0v) is 13.5. The highest BCUT2D eigenvalue weighted by molar-refractivity contribution is 6.08. The number of hydrogen-bond acceptors (Lipinski definition) is 3. The molecule has 0 fully saturated rings. The number of aryl methyl sites for hydroxylation is 1. The number of carbonyl (C=O) groups is 1. The molecule has 0 spiro atoms. The van der Waals surface area contributed by atoms with Gasteiger partial charge in [-0.2, -0.15) is 0 Å². The molecular weight excluding hydrogens is 300 g/mol. The largest absolute Gasteiger partial charge is 0.375 e. The summed E-state index contributed by atoms with van der Waals surface area (Å²) in [6.45, 7) is 3.60. The van der Waals surface area contributed by atoms with E-state index in [-0.39, 0.29) is 5.91 Å². The lowest BCUT2D eigenvalue weighted by Crippen LogP contribution is -2.33. The van der Waals surface area contributed by atoms with Crippen LogP contribution in [-0.4, -0.2) is 24.0 Å². The minimum atomic E-state index is -0.00424. The van der Waals surface area contributed by atoms with Crippen LogP contribution in [0.25, 0.3) is 10.9 Å². The molecule has 1 aliphatic heterocycles. The first kappa shape index (κ1) is 14.8. The van der Waals surface area contributed by atoms with E-state index in [1.165, 1.54) is 0 Å². The van der Waals surface area contributed by atoms with E-state index in [1.807, 2.05) is 66.4 Å². The molecule has 120 valence electrons. The Hall–Kier alpha value is -2.72. The van der Waals surface area contributed by atoms with Crippen molar-refractivity contribution in [2.24, 2.45) is 0 Å². The lowest BCUT2D eigenvalue weighted by atomic mass is 10.1. The SMILES string of the molecule is Cc1ccc2cc(C(=O)N3CCOCc4ccccc43)ccc2n1. The van der Waals surface area contributed by atoms with Gasteiger partial charge in [-0.15, -0.1) is 0 Å². The van der Waals surface area contributed by atoms with Gasteiger partial charge in [0.1, 0.15) is 0 Å². The summed E-state index contributed by atoms with van der Waals surface area (Å²) in [5, 5.41) is 0.978. The number of rotatable bonds is 1. The number of aromatic nitrogens is 1. The zero-order valence-electron chi connectivity index (χ0n) is 13.5. The van der Waals surface area contributed by atoms with Gasteiger partial charge in [-0.05, 0) is 37.3 Å². The molecule has 0 bridgehead atoms. The topological polar surface area (TPSA) is 42.4 Å². The minimum Gasteiger partial charge on any atom is -0.375 e. The summed E-state index contributed by atoms with van der Waals surface area (Å²) >= 11 is 0. The molecule has 2 heterocycles. The normalized spacial score (nSPS) is 14.3. The number of nitrogens with zero attached hydrogens (tertiary/aromatic N) is 2. The van der Waals surface area contributed by atoms with Gasteiger partial charge >= 0.3 is 0 Å². The maximum atomic E-state index is 13.1. The fourth-order valence-electron chi connectivity index (χ4n) is 3.08. The third kappa shape index (κ3) is 2.65. The van der Waals surface area contributed by atoms with Crippen LogP contribution in [0, 0.1) is 6.92 Å². The smallest absolute Gasteiger partial charge is 0.258 e. The number of ether oxygens (including phenoxy) is 1. The Morgan fingerprint density at radius 3 is 2.92 bits per heavy atom. The second-order valence-electron chi connectivity index (χ2n) is 6.00. The number of fused-ring (bicyclic) bond motifs is 2. The maximum Gasteiger partial charge on any atom is 0.258 e. The number of hydrogen-bond donors (Lipinski definition) is 0. The highest BCUT2D eigenvalue weighted by Gasteiger charge is 2.22. The Labute approximate surface area is 140 Å². The molecule has 2 aromatic carbocycles. The molecule has 4 rings (SSSR count). The standard InChI is InChI=1S/C20H18N2O2/c1-14-6-7-15-12-16(8-9-18(15)21-14)20(23)22-10-11-24-13-17-4-2-3-5-19(17)22/h2-9,12H,10-11,13H2,1H3. The molecular formula is C20H18N2O2. The van der Waals surface area contributed by atoms with Crippen molar-refractivity contribution in [3.63, 3.8) is 0 Å². The first-order valence-corrected chi connectivity index (χ1v) is 8.07. The summed E-state index contributed by atoms with van der Waals surface area (Å²) in [7, 11) is 0. The van der Waals surface area contributed by atoms with Crippen molar-refractivity contribution >= 4 is 22.5 Å². The van der Waals surface area contributed by atoms with E-state index in [4.69, 9.17) is 4.74 Å². The second kappa shape index (κ2) is 6.06. The quantitative estimate of drug-likeness (QED) is 0.687. The molecule has 0 saturated carbocycles. The van der Waals surface area contributed by atoms with Crippen LogP contribution >= 0.6 is 0 Å². The van der Waals surface area contributed by atoms with Gasteiger partial charge in [0.05, 0.1) is 18.7 Å². The van der Waals surface area contributed by atoms with E-state index in [9.17, 15) is 4.79 Å². The molecule has 4 heteroatoms. The summed E-state index contributed by atoms with van der Waals surface area (Å²) in [6, 6.07) is 17.6. The van der Waals surface area contributed by atoms with E-state index < -0.39 is 0 Å². The van der Waals surface area contributed by atoms with Crippen molar-refractivity contribution in [2.75, 3.05) is 18.1 Å². The van der Waals surface area contributed by atoms with Crippen LogP contribution in [0.1, 0.15) is 21.6 Å². The molecule has 3 aromatic rings. The Morgan fingerprint density at radius 2 is 2.00 bits per heavy atom. The average Bonchev–Trinajstić information content (AvgIpc) is 2.83. The van der Waals surface area contributed by atoms with Gasteiger partial charge in [0.15, 0.2) is 0 Å². The van der Waals surface area contributed by atoms with Crippen LogP contribution in [0.3, 0.4) is 0 Å². The third-order valence-corrected chi connectivity index (χ3v) is 4.32. The number of pyridine rings is 1. The van der Waals surface area contributed by atoms with Gasteiger partial charge in [0, 0.05) is 34.4 Å². The maximum absolute atomic E-state index is 13.1. The van der Waals surface area contributed by atoms with Crippen molar-refractivity contribution in [1.82, 2.24) is 4.98 Å². The molecule has 1 amide bonds. The lowest BCUT2D eigenvalue weighted by molar-refractivity contribution is 0.0966. The highest BCUT2D eigenvalue weighted by atomic mass is 16.5. The fourth-order valence-corrected chi connectivity index (χ4v) is 3.08. The molecule has 4 nitrogen and oxygen atoms in total. The number of anilines is 1. The highest BCUT2D eigenvalue weighted by Crippen LogP contribution is 2.26. The van der Waals surface area contributed by atoms with E-state index in [1.54, 1.807) is 0 Å². The first-order valence-electron chi connectivity index (χ1n) is 8.07. The van der Waals surface area contributed by atoms with Crippen LogP contribution in [-0.2, 0) is 11.3 Å². The predicted molar refractivity (Wildman–Crippen MR) is 94.3 cm³/mol. The van der Waals surface area contributed by atoms with Crippen molar-refractivity contribution < 1.29 is 9.53 Å². The van der Waals surface area contributed by atoms with E-state index >= 15 is 0 Å². The number of amides is 1. The van der Waals surface area contributed by atoms with Gasteiger partial charge in [-0.1, -0.05) is 24.3 Å². The molecule has 0 radical (unpaired) electrons. The van der Waals surface area contributed by atoms with Gasteiger partial charge in [0.2, 0.25) is 0 Å². The van der Waals surface area contributed by atoms with E-state index in [2.05, 4.69) is 4.98 Å². The molecule has 0 saturated heterocycles. The van der Waals surface area contributed by atoms with Crippen LogP contribution in [0.2, 0.25) is 0 Å². The summed E-state index contributed by atoms with van der Waals surface area (Å²) in [6.07, 6.45) is 0. The minimum absolute atomic E-state index is 0.00424. The first-order chi connectivity index (χ1) is 11.7. The molecule has 0 atom stereocenters. The predicted octanol–water partition coefficient (Wildman–Crippen LogP) is 3.72. The Bertz CT molecular complexity index is 920. The molecule has 1 aromatic heterocycles. The van der Waals surface area contributed by atoms with Crippen molar-refractivity contribution in [1.29, 1.82) is 0 Å².